The molecule has 1 aliphatic heterocycles. The average Bonchev–Trinajstić information content (AvgIpc) is 3.11. The summed E-state index contributed by atoms with van der Waals surface area (Å²) in [7, 11) is 1.59. The third-order valence-electron chi connectivity index (χ3n) is 5.02. The van der Waals surface area contributed by atoms with E-state index in [2.05, 4.69) is 54.5 Å². The van der Waals surface area contributed by atoms with Gasteiger partial charge in [-0.1, -0.05) is 37.1 Å². The van der Waals surface area contributed by atoms with E-state index >= 15 is 0 Å². The predicted octanol–water partition coefficient (Wildman–Crippen LogP) is 3.12. The van der Waals surface area contributed by atoms with Gasteiger partial charge in [0.05, 0.1) is 13.7 Å². The number of rotatable bonds is 7. The van der Waals surface area contributed by atoms with Crippen molar-refractivity contribution in [3.63, 3.8) is 0 Å². The molecular formula is C21H27N7O. The number of hydrogen-bond acceptors (Lipinski definition) is 7. The lowest BCUT2D eigenvalue weighted by Gasteiger charge is -2.20. The van der Waals surface area contributed by atoms with Crippen molar-refractivity contribution in [1.82, 2.24) is 24.7 Å². The van der Waals surface area contributed by atoms with Crippen LogP contribution in [-0.4, -0.2) is 44.9 Å². The Labute approximate surface area is 171 Å². The molecule has 3 heterocycles. The van der Waals surface area contributed by atoms with Crippen molar-refractivity contribution < 1.29 is 4.74 Å². The van der Waals surface area contributed by atoms with Gasteiger partial charge >= 0.3 is 6.01 Å². The van der Waals surface area contributed by atoms with Crippen molar-refractivity contribution in [2.45, 2.75) is 38.8 Å². The molecule has 3 aromatic rings. The normalized spacial score (nSPS) is 14.4. The molecule has 152 valence electrons. The molecular weight excluding hydrogens is 366 g/mol. The third-order valence-corrected chi connectivity index (χ3v) is 5.02. The van der Waals surface area contributed by atoms with Crippen LogP contribution in [0, 0.1) is 0 Å². The van der Waals surface area contributed by atoms with E-state index in [1.54, 1.807) is 13.3 Å². The number of methoxy groups -OCH3 is 1. The van der Waals surface area contributed by atoms with Gasteiger partial charge in [0.2, 0.25) is 11.9 Å². The van der Waals surface area contributed by atoms with Crippen molar-refractivity contribution in [3.05, 3.63) is 53.9 Å². The molecule has 0 atom stereocenters. The predicted molar refractivity (Wildman–Crippen MR) is 112 cm³/mol. The molecule has 1 fully saturated rings. The zero-order valence-corrected chi connectivity index (χ0v) is 16.8. The summed E-state index contributed by atoms with van der Waals surface area (Å²) < 4.78 is 7.22. The topological polar surface area (TPSA) is 81.0 Å². The summed E-state index contributed by atoms with van der Waals surface area (Å²) in [4.78, 5) is 15.7. The highest BCUT2D eigenvalue weighted by molar-refractivity contribution is 5.39. The lowest BCUT2D eigenvalue weighted by Crippen LogP contribution is -2.26. The fourth-order valence-corrected chi connectivity index (χ4v) is 3.53. The molecule has 4 rings (SSSR count). The summed E-state index contributed by atoms with van der Waals surface area (Å²) in [6, 6.07) is 10.7. The number of benzene rings is 1. The summed E-state index contributed by atoms with van der Waals surface area (Å²) in [6.07, 6.45) is 8.62. The molecule has 1 aromatic carbocycles. The van der Waals surface area contributed by atoms with Gasteiger partial charge in [-0.05, 0) is 30.0 Å². The van der Waals surface area contributed by atoms with Crippen molar-refractivity contribution in [3.8, 4) is 6.01 Å². The Balaban J connectivity index is 1.45. The molecule has 29 heavy (non-hydrogen) atoms. The Kier molecular flexibility index (Phi) is 6.19. The summed E-state index contributed by atoms with van der Waals surface area (Å²) in [5, 5.41) is 7.60. The SMILES string of the molecule is COc1nc(NCc2cccc(Cn3cccn3)c2)nc(N2CCCCCC2)n1. The molecule has 1 N–H and O–H groups in total. The summed E-state index contributed by atoms with van der Waals surface area (Å²) in [5.74, 6) is 1.22. The average molecular weight is 393 g/mol. The molecule has 0 radical (unpaired) electrons. The zero-order chi connectivity index (χ0) is 19.9. The number of ether oxygens (including phenoxy) is 1. The number of nitrogens with one attached hydrogen (secondary N) is 1. The van der Waals surface area contributed by atoms with Crippen LogP contribution in [0.3, 0.4) is 0 Å². The first-order valence-corrected chi connectivity index (χ1v) is 10.1. The molecule has 2 aromatic heterocycles. The van der Waals surface area contributed by atoms with Crippen LogP contribution in [0.15, 0.2) is 42.7 Å². The molecule has 0 bridgehead atoms. The quantitative estimate of drug-likeness (QED) is 0.660. The molecule has 0 saturated carbocycles. The molecule has 0 amide bonds. The van der Waals surface area contributed by atoms with Crippen molar-refractivity contribution in [2.24, 2.45) is 0 Å². The lowest BCUT2D eigenvalue weighted by molar-refractivity contribution is 0.378. The monoisotopic (exact) mass is 393 g/mol. The summed E-state index contributed by atoms with van der Waals surface area (Å²) in [5.41, 5.74) is 2.36. The van der Waals surface area contributed by atoms with Gasteiger partial charge in [0, 0.05) is 32.0 Å². The van der Waals surface area contributed by atoms with Crippen molar-refractivity contribution in [2.75, 3.05) is 30.4 Å². The van der Waals surface area contributed by atoms with E-state index in [-0.39, 0.29) is 0 Å². The minimum atomic E-state index is 0.342. The van der Waals surface area contributed by atoms with E-state index in [0.717, 1.165) is 25.2 Å². The van der Waals surface area contributed by atoms with Crippen LogP contribution in [0.5, 0.6) is 6.01 Å². The zero-order valence-electron chi connectivity index (χ0n) is 16.8. The Bertz CT molecular complexity index is 905. The highest BCUT2D eigenvalue weighted by Gasteiger charge is 2.15. The molecule has 1 aliphatic rings. The molecule has 0 spiro atoms. The first-order chi connectivity index (χ1) is 14.3. The first kappa shape index (κ1) is 19.2. The van der Waals surface area contributed by atoms with Gasteiger partial charge in [-0.3, -0.25) is 4.68 Å². The number of hydrogen-bond donors (Lipinski definition) is 1. The van der Waals surface area contributed by atoms with Gasteiger partial charge in [-0.15, -0.1) is 0 Å². The highest BCUT2D eigenvalue weighted by Crippen LogP contribution is 2.19. The molecule has 8 heteroatoms. The van der Waals surface area contributed by atoms with E-state index in [9.17, 15) is 0 Å². The van der Waals surface area contributed by atoms with Crippen LogP contribution in [0.2, 0.25) is 0 Å². The third kappa shape index (κ3) is 5.22. The van der Waals surface area contributed by atoms with Crippen LogP contribution in [0.25, 0.3) is 0 Å². The molecule has 0 unspecified atom stereocenters. The first-order valence-electron chi connectivity index (χ1n) is 10.1. The fourth-order valence-electron chi connectivity index (χ4n) is 3.53. The minimum absolute atomic E-state index is 0.342. The van der Waals surface area contributed by atoms with E-state index in [4.69, 9.17) is 4.74 Å². The van der Waals surface area contributed by atoms with Gasteiger partial charge in [0.25, 0.3) is 0 Å². The lowest BCUT2D eigenvalue weighted by atomic mass is 10.1. The van der Waals surface area contributed by atoms with Gasteiger partial charge in [-0.2, -0.15) is 20.1 Å². The van der Waals surface area contributed by atoms with Gasteiger partial charge in [-0.25, -0.2) is 0 Å². The van der Waals surface area contributed by atoms with Crippen LogP contribution >= 0.6 is 0 Å². The van der Waals surface area contributed by atoms with Gasteiger partial charge in [0.1, 0.15) is 0 Å². The van der Waals surface area contributed by atoms with Crippen LogP contribution < -0.4 is 15.0 Å². The fraction of sp³-hybridized carbons (Fsp3) is 0.429. The van der Waals surface area contributed by atoms with Gasteiger partial charge in [0.15, 0.2) is 0 Å². The van der Waals surface area contributed by atoms with E-state index < -0.39 is 0 Å². The van der Waals surface area contributed by atoms with Crippen LogP contribution in [0.4, 0.5) is 11.9 Å². The van der Waals surface area contributed by atoms with Crippen molar-refractivity contribution in [1.29, 1.82) is 0 Å². The van der Waals surface area contributed by atoms with Crippen LogP contribution in [-0.2, 0) is 13.1 Å². The smallest absolute Gasteiger partial charge is 0.322 e. The van der Waals surface area contributed by atoms with E-state index in [1.165, 1.54) is 31.2 Å². The number of aromatic nitrogens is 5. The second kappa shape index (κ2) is 9.36. The maximum atomic E-state index is 5.31. The Hall–Kier alpha value is -3.16. The molecule has 1 saturated heterocycles. The van der Waals surface area contributed by atoms with Crippen LogP contribution in [0.1, 0.15) is 36.8 Å². The maximum Gasteiger partial charge on any atom is 0.322 e. The second-order valence-corrected chi connectivity index (χ2v) is 7.22. The number of anilines is 2. The largest absolute Gasteiger partial charge is 0.467 e. The summed E-state index contributed by atoms with van der Waals surface area (Å²) >= 11 is 0. The Morgan fingerprint density at radius 3 is 2.59 bits per heavy atom. The van der Waals surface area contributed by atoms with E-state index in [1.807, 2.05) is 16.9 Å². The van der Waals surface area contributed by atoms with Crippen molar-refractivity contribution >= 4 is 11.9 Å². The highest BCUT2D eigenvalue weighted by atomic mass is 16.5. The molecule has 8 nitrogen and oxygen atoms in total. The standard InChI is InChI=1S/C21H27N7O/c1-29-21-25-19(24-20(26-21)27-11-4-2-3-5-12-27)22-15-17-8-6-9-18(14-17)16-28-13-7-10-23-28/h6-10,13-14H,2-5,11-12,15-16H2,1H3,(H,22,24,25,26). The summed E-state index contributed by atoms with van der Waals surface area (Å²) in [6.45, 7) is 3.32. The molecule has 0 aliphatic carbocycles. The second-order valence-electron chi connectivity index (χ2n) is 7.22. The van der Waals surface area contributed by atoms with Gasteiger partial charge < -0.3 is 15.0 Å². The Morgan fingerprint density at radius 2 is 1.83 bits per heavy atom. The van der Waals surface area contributed by atoms with E-state index in [0.29, 0.717) is 24.5 Å². The maximum absolute atomic E-state index is 5.31. The number of nitrogens with zero attached hydrogens (tertiary/aromatic N) is 6. The Morgan fingerprint density at radius 1 is 1.00 bits per heavy atom. The minimum Gasteiger partial charge on any atom is -0.467 e.